The Kier molecular flexibility index (Phi) is 4.34. The monoisotopic (exact) mass is 272 g/mol. The van der Waals surface area contributed by atoms with E-state index in [9.17, 15) is 8.42 Å². The highest BCUT2D eigenvalue weighted by Gasteiger charge is 2.32. The molecule has 0 bridgehead atoms. The lowest BCUT2D eigenvalue weighted by Gasteiger charge is -2.17. The van der Waals surface area contributed by atoms with Gasteiger partial charge in [0.25, 0.3) is 10.1 Å². The first-order valence-electron chi connectivity index (χ1n) is 5.66. The molecule has 0 spiro atoms. The molecule has 1 fully saturated rings. The van der Waals surface area contributed by atoms with E-state index in [4.69, 9.17) is 13.7 Å². The van der Waals surface area contributed by atoms with Crippen molar-refractivity contribution in [2.75, 3.05) is 19.5 Å². The normalized spacial score (nSPS) is 24.3. The molecule has 1 saturated heterocycles. The van der Waals surface area contributed by atoms with Crippen molar-refractivity contribution in [1.29, 1.82) is 0 Å². The highest BCUT2D eigenvalue weighted by atomic mass is 32.2. The maximum absolute atomic E-state index is 11.1. The van der Waals surface area contributed by atoms with E-state index in [1.807, 2.05) is 30.3 Å². The van der Waals surface area contributed by atoms with Crippen LogP contribution in [0.25, 0.3) is 0 Å². The van der Waals surface area contributed by atoms with E-state index < -0.39 is 16.2 Å². The zero-order valence-electron chi connectivity index (χ0n) is 10.1. The standard InChI is InChI=1S/C12H16O5S/c1-18(13,14)17-12-9-15-8-11(12)16-7-10-5-3-2-4-6-10/h2-6,11-12H,7-9H2,1H3. The molecule has 1 aliphatic rings. The highest BCUT2D eigenvalue weighted by molar-refractivity contribution is 7.86. The van der Waals surface area contributed by atoms with Crippen molar-refractivity contribution in [3.8, 4) is 0 Å². The van der Waals surface area contributed by atoms with E-state index in [0.717, 1.165) is 11.8 Å². The predicted octanol–water partition coefficient (Wildman–Crippen LogP) is 0.947. The molecule has 2 atom stereocenters. The Labute approximate surface area is 107 Å². The molecule has 1 aromatic carbocycles. The third kappa shape index (κ3) is 4.06. The molecular weight excluding hydrogens is 256 g/mol. The van der Waals surface area contributed by atoms with E-state index in [1.54, 1.807) is 0 Å². The molecule has 0 saturated carbocycles. The van der Waals surface area contributed by atoms with Crippen LogP contribution in [0.15, 0.2) is 30.3 Å². The Morgan fingerprint density at radius 3 is 2.56 bits per heavy atom. The van der Waals surface area contributed by atoms with E-state index in [2.05, 4.69) is 0 Å². The second-order valence-corrected chi connectivity index (χ2v) is 5.81. The van der Waals surface area contributed by atoms with Crippen molar-refractivity contribution in [2.24, 2.45) is 0 Å². The molecule has 0 radical (unpaired) electrons. The first-order valence-corrected chi connectivity index (χ1v) is 7.48. The third-order valence-corrected chi connectivity index (χ3v) is 3.18. The van der Waals surface area contributed by atoms with Crippen molar-refractivity contribution >= 4 is 10.1 Å². The minimum Gasteiger partial charge on any atom is -0.376 e. The molecule has 18 heavy (non-hydrogen) atoms. The van der Waals surface area contributed by atoms with Gasteiger partial charge in [0.1, 0.15) is 12.2 Å². The van der Waals surface area contributed by atoms with Crippen LogP contribution < -0.4 is 0 Å². The van der Waals surface area contributed by atoms with Crippen LogP contribution in [-0.2, 0) is 30.4 Å². The molecule has 1 aromatic rings. The van der Waals surface area contributed by atoms with Gasteiger partial charge in [-0.25, -0.2) is 0 Å². The molecule has 1 heterocycles. The van der Waals surface area contributed by atoms with Crippen molar-refractivity contribution in [3.63, 3.8) is 0 Å². The second kappa shape index (κ2) is 5.79. The SMILES string of the molecule is CS(=O)(=O)OC1COCC1OCc1ccccc1. The third-order valence-electron chi connectivity index (χ3n) is 2.58. The Balaban J connectivity index is 1.88. The summed E-state index contributed by atoms with van der Waals surface area (Å²) in [6.07, 6.45) is 0.128. The molecule has 0 aromatic heterocycles. The summed E-state index contributed by atoms with van der Waals surface area (Å²) in [5, 5.41) is 0. The maximum atomic E-state index is 11.1. The molecule has 100 valence electrons. The van der Waals surface area contributed by atoms with Crippen molar-refractivity contribution in [1.82, 2.24) is 0 Å². The van der Waals surface area contributed by atoms with Gasteiger partial charge >= 0.3 is 0 Å². The molecule has 2 unspecified atom stereocenters. The number of ether oxygens (including phenoxy) is 2. The summed E-state index contributed by atoms with van der Waals surface area (Å²) in [6, 6.07) is 9.67. The maximum Gasteiger partial charge on any atom is 0.264 e. The number of hydrogen-bond donors (Lipinski definition) is 0. The summed E-state index contributed by atoms with van der Waals surface area (Å²) in [7, 11) is -3.48. The van der Waals surface area contributed by atoms with Gasteiger partial charge in [-0.1, -0.05) is 30.3 Å². The zero-order chi connectivity index (χ0) is 13.0. The van der Waals surface area contributed by atoms with Crippen LogP contribution in [0.1, 0.15) is 5.56 Å². The average Bonchev–Trinajstić information content (AvgIpc) is 2.73. The summed E-state index contributed by atoms with van der Waals surface area (Å²) in [5.74, 6) is 0. The number of benzene rings is 1. The van der Waals surface area contributed by atoms with Gasteiger partial charge in [-0.05, 0) is 5.56 Å². The predicted molar refractivity (Wildman–Crippen MR) is 65.6 cm³/mol. The van der Waals surface area contributed by atoms with Gasteiger partial charge in [0.05, 0.1) is 26.1 Å². The van der Waals surface area contributed by atoms with Crippen LogP contribution >= 0.6 is 0 Å². The number of rotatable bonds is 5. The van der Waals surface area contributed by atoms with Crippen LogP contribution in [0.3, 0.4) is 0 Å². The minimum absolute atomic E-state index is 0.243. The topological polar surface area (TPSA) is 61.8 Å². The summed E-state index contributed by atoms with van der Waals surface area (Å²) in [4.78, 5) is 0. The van der Waals surface area contributed by atoms with Gasteiger partial charge < -0.3 is 9.47 Å². The van der Waals surface area contributed by atoms with E-state index >= 15 is 0 Å². The minimum atomic E-state index is -3.48. The van der Waals surface area contributed by atoms with Gasteiger partial charge in [-0.3, -0.25) is 4.18 Å². The largest absolute Gasteiger partial charge is 0.376 e. The van der Waals surface area contributed by atoms with Crippen molar-refractivity contribution in [3.05, 3.63) is 35.9 Å². The van der Waals surface area contributed by atoms with Gasteiger partial charge in [0.15, 0.2) is 0 Å². The molecule has 0 N–H and O–H groups in total. The lowest BCUT2D eigenvalue weighted by atomic mass is 10.2. The molecule has 6 heteroatoms. The fourth-order valence-electron chi connectivity index (χ4n) is 1.76. The van der Waals surface area contributed by atoms with Gasteiger partial charge in [0.2, 0.25) is 0 Å². The van der Waals surface area contributed by atoms with Crippen LogP contribution in [0, 0.1) is 0 Å². The number of hydrogen-bond acceptors (Lipinski definition) is 5. The molecule has 1 aliphatic heterocycles. The Morgan fingerprint density at radius 2 is 1.89 bits per heavy atom. The van der Waals surface area contributed by atoms with Crippen molar-refractivity contribution in [2.45, 2.75) is 18.8 Å². The second-order valence-electron chi connectivity index (χ2n) is 4.21. The Morgan fingerprint density at radius 1 is 1.22 bits per heavy atom. The van der Waals surface area contributed by atoms with Gasteiger partial charge in [-0.2, -0.15) is 8.42 Å². The van der Waals surface area contributed by atoms with Gasteiger partial charge in [-0.15, -0.1) is 0 Å². The van der Waals surface area contributed by atoms with E-state index in [0.29, 0.717) is 13.2 Å². The molecule has 0 amide bonds. The summed E-state index contributed by atoms with van der Waals surface area (Å²) < 4.78 is 37.9. The van der Waals surface area contributed by atoms with E-state index in [-0.39, 0.29) is 12.7 Å². The molecule has 0 aliphatic carbocycles. The molecule has 5 nitrogen and oxygen atoms in total. The van der Waals surface area contributed by atoms with Crippen LogP contribution in [0.4, 0.5) is 0 Å². The Bertz CT molecular complexity index is 471. The average molecular weight is 272 g/mol. The summed E-state index contributed by atoms with van der Waals surface area (Å²) >= 11 is 0. The highest BCUT2D eigenvalue weighted by Crippen LogP contribution is 2.17. The summed E-state index contributed by atoms with van der Waals surface area (Å²) in [5.41, 5.74) is 1.03. The van der Waals surface area contributed by atoms with Gasteiger partial charge in [0, 0.05) is 0 Å². The molecule has 2 rings (SSSR count). The van der Waals surface area contributed by atoms with Crippen molar-refractivity contribution < 1.29 is 22.1 Å². The first-order chi connectivity index (χ1) is 8.54. The van der Waals surface area contributed by atoms with Crippen LogP contribution in [0.5, 0.6) is 0 Å². The lowest BCUT2D eigenvalue weighted by Crippen LogP contribution is -2.31. The Hall–Kier alpha value is -0.950. The molecular formula is C12H16O5S. The van der Waals surface area contributed by atoms with Crippen LogP contribution in [0.2, 0.25) is 0 Å². The first kappa shape index (κ1) is 13.5. The fraction of sp³-hybridized carbons (Fsp3) is 0.500. The van der Waals surface area contributed by atoms with E-state index in [1.165, 1.54) is 0 Å². The van der Waals surface area contributed by atoms with Crippen LogP contribution in [-0.4, -0.2) is 40.1 Å². The quantitative estimate of drug-likeness (QED) is 0.747. The lowest BCUT2D eigenvalue weighted by molar-refractivity contribution is -0.00802. The smallest absolute Gasteiger partial charge is 0.264 e. The fourth-order valence-corrected chi connectivity index (χ4v) is 2.39. The zero-order valence-corrected chi connectivity index (χ0v) is 10.9. The summed E-state index contributed by atoms with van der Waals surface area (Å²) in [6.45, 7) is 1.01.